The van der Waals surface area contributed by atoms with Gasteiger partial charge in [0.1, 0.15) is 5.82 Å². The maximum absolute atomic E-state index is 13.7. The van der Waals surface area contributed by atoms with Crippen molar-refractivity contribution in [2.45, 2.75) is 18.5 Å². The first kappa shape index (κ1) is 15.1. The lowest BCUT2D eigenvalue weighted by atomic mass is 10.3. The van der Waals surface area contributed by atoms with Gasteiger partial charge in [0, 0.05) is 11.9 Å². The average Bonchev–Trinajstić information content (AvgIpc) is 2.82. The zero-order valence-electron chi connectivity index (χ0n) is 10.6. The van der Waals surface area contributed by atoms with Gasteiger partial charge in [-0.15, -0.1) is 0 Å². The Kier molecular flexibility index (Phi) is 4.82. The lowest BCUT2D eigenvalue weighted by molar-refractivity contribution is -0.133. The Morgan fingerprint density at radius 2 is 2.30 bits per heavy atom. The zero-order chi connectivity index (χ0) is 14.7. The van der Waals surface area contributed by atoms with E-state index in [4.69, 9.17) is 5.11 Å². The molecule has 1 aromatic carbocycles. The molecule has 1 heterocycles. The first-order valence-corrected chi connectivity index (χ1v) is 7.67. The fourth-order valence-corrected chi connectivity index (χ4v) is 2.72. The summed E-state index contributed by atoms with van der Waals surface area (Å²) >= 11 is 4.23. The van der Waals surface area contributed by atoms with Crippen LogP contribution < -0.4 is 0 Å². The molecule has 2 aromatic rings. The molecule has 0 atom stereocenters. The third-order valence-electron chi connectivity index (χ3n) is 2.65. The summed E-state index contributed by atoms with van der Waals surface area (Å²) in [7, 11) is 0. The topological polar surface area (TPSA) is 55.1 Å². The highest BCUT2D eigenvalue weighted by atomic mass is 79.9. The van der Waals surface area contributed by atoms with E-state index >= 15 is 0 Å². The summed E-state index contributed by atoms with van der Waals surface area (Å²) < 4.78 is 15.8. The number of rotatable bonds is 5. The van der Waals surface area contributed by atoms with Gasteiger partial charge >= 0.3 is 5.97 Å². The van der Waals surface area contributed by atoms with Crippen LogP contribution in [0.5, 0.6) is 0 Å². The number of imidazole rings is 1. The van der Waals surface area contributed by atoms with E-state index in [9.17, 15) is 9.18 Å². The van der Waals surface area contributed by atoms with Crippen LogP contribution in [0, 0.1) is 5.82 Å². The van der Waals surface area contributed by atoms with E-state index in [0.29, 0.717) is 15.3 Å². The summed E-state index contributed by atoms with van der Waals surface area (Å²) in [6.45, 7) is 1.97. The summed E-state index contributed by atoms with van der Waals surface area (Å²) in [4.78, 5) is 14.9. The SMILES string of the molecule is CCc1cnc(SCC(=O)O)n1-c1ccc(Br)c(F)c1. The number of hydrogen-bond acceptors (Lipinski definition) is 3. The van der Waals surface area contributed by atoms with Gasteiger partial charge in [-0.3, -0.25) is 9.36 Å². The highest BCUT2D eigenvalue weighted by molar-refractivity contribution is 9.10. The number of aliphatic carboxylic acids is 1. The van der Waals surface area contributed by atoms with Crippen molar-refractivity contribution < 1.29 is 14.3 Å². The number of carboxylic acid groups (broad SMARTS) is 1. The first-order chi connectivity index (χ1) is 9.52. The van der Waals surface area contributed by atoms with E-state index in [1.165, 1.54) is 6.07 Å². The molecule has 7 heteroatoms. The Morgan fingerprint density at radius 3 is 2.90 bits per heavy atom. The second-order valence-electron chi connectivity index (χ2n) is 4.00. The molecule has 1 N–H and O–H groups in total. The summed E-state index contributed by atoms with van der Waals surface area (Å²) in [6.07, 6.45) is 2.41. The standard InChI is InChI=1S/C13H12BrFN2O2S/c1-2-8-6-16-13(20-7-12(18)19)17(8)9-3-4-10(14)11(15)5-9/h3-6H,2,7H2,1H3,(H,18,19). The van der Waals surface area contributed by atoms with Crippen LogP contribution in [0.2, 0.25) is 0 Å². The highest BCUT2D eigenvalue weighted by Crippen LogP contribution is 2.26. The number of hydrogen-bond donors (Lipinski definition) is 1. The maximum Gasteiger partial charge on any atom is 0.313 e. The number of thioether (sulfide) groups is 1. The van der Waals surface area contributed by atoms with Crippen LogP contribution >= 0.6 is 27.7 Å². The van der Waals surface area contributed by atoms with Gasteiger partial charge in [0.2, 0.25) is 0 Å². The molecule has 0 aliphatic rings. The van der Waals surface area contributed by atoms with E-state index in [0.717, 1.165) is 23.9 Å². The minimum atomic E-state index is -0.912. The number of carboxylic acids is 1. The molecule has 106 valence electrons. The number of benzene rings is 1. The van der Waals surface area contributed by atoms with Crippen molar-refractivity contribution in [2.75, 3.05) is 5.75 Å². The third kappa shape index (κ3) is 3.21. The van der Waals surface area contributed by atoms with Crippen molar-refractivity contribution in [1.29, 1.82) is 0 Å². The van der Waals surface area contributed by atoms with Crippen LogP contribution in [0.15, 0.2) is 34.0 Å². The van der Waals surface area contributed by atoms with Gasteiger partial charge in [-0.1, -0.05) is 18.7 Å². The second-order valence-corrected chi connectivity index (χ2v) is 5.80. The van der Waals surface area contributed by atoms with Crippen molar-refractivity contribution in [3.05, 3.63) is 40.4 Å². The van der Waals surface area contributed by atoms with Gasteiger partial charge in [-0.2, -0.15) is 0 Å². The number of aryl methyl sites for hydroxylation is 1. The van der Waals surface area contributed by atoms with Crippen molar-refractivity contribution in [2.24, 2.45) is 0 Å². The molecule has 0 radical (unpaired) electrons. The van der Waals surface area contributed by atoms with Crippen LogP contribution in [0.1, 0.15) is 12.6 Å². The molecule has 4 nitrogen and oxygen atoms in total. The van der Waals surface area contributed by atoms with E-state index < -0.39 is 5.97 Å². The Balaban J connectivity index is 2.44. The average molecular weight is 359 g/mol. The van der Waals surface area contributed by atoms with Gasteiger partial charge in [-0.05, 0) is 40.5 Å². The van der Waals surface area contributed by atoms with Crippen LogP contribution in [0.4, 0.5) is 4.39 Å². The molecular formula is C13H12BrFN2O2S. The van der Waals surface area contributed by atoms with Crippen LogP contribution in [0.25, 0.3) is 5.69 Å². The van der Waals surface area contributed by atoms with Crippen molar-refractivity contribution in [3.63, 3.8) is 0 Å². The highest BCUT2D eigenvalue weighted by Gasteiger charge is 2.14. The first-order valence-electron chi connectivity index (χ1n) is 5.89. The quantitative estimate of drug-likeness (QED) is 0.830. The van der Waals surface area contributed by atoms with Crippen LogP contribution in [0.3, 0.4) is 0 Å². The summed E-state index contributed by atoms with van der Waals surface area (Å²) in [5.41, 5.74) is 1.53. The Morgan fingerprint density at radius 1 is 1.55 bits per heavy atom. The molecule has 0 spiro atoms. The normalized spacial score (nSPS) is 10.8. The molecule has 1 aromatic heterocycles. The molecule has 0 aliphatic heterocycles. The molecule has 0 fully saturated rings. The van der Waals surface area contributed by atoms with E-state index in [1.54, 1.807) is 22.9 Å². The largest absolute Gasteiger partial charge is 0.481 e. The smallest absolute Gasteiger partial charge is 0.313 e. The van der Waals surface area contributed by atoms with E-state index in [1.807, 2.05) is 6.92 Å². The van der Waals surface area contributed by atoms with Gasteiger partial charge in [0.25, 0.3) is 0 Å². The fourth-order valence-electron chi connectivity index (χ4n) is 1.75. The third-order valence-corrected chi connectivity index (χ3v) is 4.23. The lowest BCUT2D eigenvalue weighted by Gasteiger charge is -2.11. The van der Waals surface area contributed by atoms with Crippen molar-refractivity contribution >= 4 is 33.7 Å². The summed E-state index contributed by atoms with van der Waals surface area (Å²) in [5.74, 6) is -1.36. The molecule has 0 saturated heterocycles. The number of carbonyl (C=O) groups is 1. The summed E-state index contributed by atoms with van der Waals surface area (Å²) in [6, 6.07) is 4.78. The minimum absolute atomic E-state index is 0.0841. The van der Waals surface area contributed by atoms with Gasteiger partial charge in [-0.25, -0.2) is 9.37 Å². The molecule has 2 rings (SSSR count). The van der Waals surface area contributed by atoms with Gasteiger partial charge in [0.05, 0.1) is 15.9 Å². The van der Waals surface area contributed by atoms with Gasteiger partial charge in [0.15, 0.2) is 5.16 Å². The number of aromatic nitrogens is 2. The molecule has 0 saturated carbocycles. The predicted octanol–water partition coefficient (Wildman–Crippen LogP) is 3.51. The van der Waals surface area contributed by atoms with E-state index in [2.05, 4.69) is 20.9 Å². The molecule has 0 unspecified atom stereocenters. The fraction of sp³-hybridized carbons (Fsp3) is 0.231. The lowest BCUT2D eigenvalue weighted by Crippen LogP contribution is -2.04. The monoisotopic (exact) mass is 358 g/mol. The van der Waals surface area contributed by atoms with Crippen LogP contribution in [-0.2, 0) is 11.2 Å². The Bertz CT molecular complexity index is 645. The molecular weight excluding hydrogens is 347 g/mol. The van der Waals surface area contributed by atoms with Crippen molar-refractivity contribution in [1.82, 2.24) is 9.55 Å². The maximum atomic E-state index is 13.7. The zero-order valence-corrected chi connectivity index (χ0v) is 13.0. The molecule has 0 aliphatic carbocycles. The molecule has 0 bridgehead atoms. The Hall–Kier alpha value is -1.34. The second kappa shape index (κ2) is 6.41. The van der Waals surface area contributed by atoms with Gasteiger partial charge < -0.3 is 5.11 Å². The summed E-state index contributed by atoms with van der Waals surface area (Å²) in [5, 5.41) is 9.30. The molecule has 0 amide bonds. The number of nitrogens with zero attached hydrogens (tertiary/aromatic N) is 2. The minimum Gasteiger partial charge on any atom is -0.481 e. The predicted molar refractivity (Wildman–Crippen MR) is 79.0 cm³/mol. The van der Waals surface area contributed by atoms with Crippen LogP contribution in [-0.4, -0.2) is 26.4 Å². The van der Waals surface area contributed by atoms with E-state index in [-0.39, 0.29) is 11.6 Å². The van der Waals surface area contributed by atoms with Crippen molar-refractivity contribution in [3.8, 4) is 5.69 Å². The molecule has 20 heavy (non-hydrogen) atoms. The Labute approximate surface area is 128 Å². The number of halogens is 2.